The van der Waals surface area contributed by atoms with Gasteiger partial charge in [-0.2, -0.15) is 0 Å². The zero-order valence-electron chi connectivity index (χ0n) is 11.8. The van der Waals surface area contributed by atoms with Gasteiger partial charge in [-0.05, 0) is 44.0 Å². The minimum absolute atomic E-state index is 0.470. The van der Waals surface area contributed by atoms with Gasteiger partial charge in [0.15, 0.2) is 0 Å². The van der Waals surface area contributed by atoms with E-state index < -0.39 is 0 Å². The molecule has 2 atom stereocenters. The summed E-state index contributed by atoms with van der Waals surface area (Å²) >= 11 is 0. The Hall–Kier alpha value is -1.06. The lowest BCUT2D eigenvalue weighted by molar-refractivity contribution is 0.197. The van der Waals surface area contributed by atoms with Crippen molar-refractivity contribution in [1.82, 2.24) is 4.90 Å². The van der Waals surface area contributed by atoms with Crippen LogP contribution in [0.5, 0.6) is 0 Å². The first-order chi connectivity index (χ1) is 8.63. The van der Waals surface area contributed by atoms with E-state index in [1.807, 2.05) is 0 Å². The van der Waals surface area contributed by atoms with E-state index in [1.54, 1.807) is 0 Å². The lowest BCUT2D eigenvalue weighted by atomic mass is 10.1. The second-order valence-electron chi connectivity index (χ2n) is 5.43. The highest BCUT2D eigenvalue weighted by molar-refractivity contribution is 5.46. The number of hydrogen-bond donors (Lipinski definition) is 1. The average molecular weight is 247 g/mol. The highest BCUT2D eigenvalue weighted by Crippen LogP contribution is 2.29. The molecule has 1 aliphatic rings. The van der Waals surface area contributed by atoms with Crippen molar-refractivity contribution in [3.63, 3.8) is 0 Å². The van der Waals surface area contributed by atoms with E-state index in [9.17, 15) is 0 Å². The summed E-state index contributed by atoms with van der Waals surface area (Å²) < 4.78 is 0. The van der Waals surface area contributed by atoms with Crippen LogP contribution in [0.2, 0.25) is 0 Å². The summed E-state index contributed by atoms with van der Waals surface area (Å²) in [6.45, 7) is 4.25. The average Bonchev–Trinajstić information content (AvgIpc) is 2.86. The molecule has 1 aromatic rings. The van der Waals surface area contributed by atoms with Crippen LogP contribution in [0.25, 0.3) is 0 Å². The lowest BCUT2D eigenvalue weighted by Gasteiger charge is -2.30. The van der Waals surface area contributed by atoms with Crippen LogP contribution in [0.15, 0.2) is 24.3 Å². The monoisotopic (exact) mass is 247 g/mol. The SMILES string of the molecule is CC(c1ccc(N(C)C)cc1)N1CCCC1CN. The van der Waals surface area contributed by atoms with Crippen LogP contribution in [-0.2, 0) is 0 Å². The van der Waals surface area contributed by atoms with Crippen molar-refractivity contribution in [3.05, 3.63) is 29.8 Å². The van der Waals surface area contributed by atoms with Crippen molar-refractivity contribution in [1.29, 1.82) is 0 Å². The third-order valence-electron chi connectivity index (χ3n) is 4.08. The van der Waals surface area contributed by atoms with Gasteiger partial charge >= 0.3 is 0 Å². The van der Waals surface area contributed by atoms with Crippen LogP contribution in [0.4, 0.5) is 5.69 Å². The van der Waals surface area contributed by atoms with Crippen LogP contribution >= 0.6 is 0 Å². The first-order valence-electron chi connectivity index (χ1n) is 6.86. The molecule has 0 spiro atoms. The van der Waals surface area contributed by atoms with Crippen LogP contribution in [0, 0.1) is 0 Å². The number of rotatable bonds is 4. The molecule has 0 aliphatic carbocycles. The zero-order chi connectivity index (χ0) is 13.1. The quantitative estimate of drug-likeness (QED) is 0.885. The molecule has 0 bridgehead atoms. The Morgan fingerprint density at radius 3 is 2.56 bits per heavy atom. The van der Waals surface area contributed by atoms with Crippen molar-refractivity contribution in [2.45, 2.75) is 31.8 Å². The largest absolute Gasteiger partial charge is 0.378 e. The molecule has 3 nitrogen and oxygen atoms in total. The Kier molecular flexibility index (Phi) is 4.25. The normalized spacial score (nSPS) is 22.1. The number of hydrogen-bond acceptors (Lipinski definition) is 3. The van der Waals surface area contributed by atoms with E-state index in [2.05, 4.69) is 55.1 Å². The summed E-state index contributed by atoms with van der Waals surface area (Å²) in [6.07, 6.45) is 2.53. The molecule has 18 heavy (non-hydrogen) atoms. The van der Waals surface area contributed by atoms with Gasteiger partial charge in [0.1, 0.15) is 0 Å². The number of anilines is 1. The van der Waals surface area contributed by atoms with Gasteiger partial charge in [0, 0.05) is 38.4 Å². The van der Waals surface area contributed by atoms with Crippen molar-refractivity contribution < 1.29 is 0 Å². The maximum atomic E-state index is 5.86. The Morgan fingerprint density at radius 2 is 2.00 bits per heavy atom. The van der Waals surface area contributed by atoms with Gasteiger partial charge < -0.3 is 10.6 Å². The third kappa shape index (κ3) is 2.68. The van der Waals surface area contributed by atoms with Crippen LogP contribution in [0.3, 0.4) is 0 Å². The highest BCUT2D eigenvalue weighted by atomic mass is 15.2. The molecule has 1 fully saturated rings. The molecule has 2 N–H and O–H groups in total. The Bertz CT molecular complexity index is 372. The summed E-state index contributed by atoms with van der Waals surface area (Å²) in [7, 11) is 4.15. The summed E-state index contributed by atoms with van der Waals surface area (Å²) in [5.41, 5.74) is 8.50. The maximum absolute atomic E-state index is 5.86. The van der Waals surface area contributed by atoms with E-state index >= 15 is 0 Å². The molecule has 0 saturated carbocycles. The van der Waals surface area contributed by atoms with Gasteiger partial charge in [0.2, 0.25) is 0 Å². The van der Waals surface area contributed by atoms with Gasteiger partial charge in [-0.1, -0.05) is 12.1 Å². The molecule has 0 radical (unpaired) electrons. The molecule has 2 rings (SSSR count). The van der Waals surface area contributed by atoms with E-state index in [0.717, 1.165) is 6.54 Å². The van der Waals surface area contributed by atoms with Gasteiger partial charge in [-0.3, -0.25) is 4.90 Å². The highest BCUT2D eigenvalue weighted by Gasteiger charge is 2.27. The Labute approximate surface area is 111 Å². The molecule has 1 heterocycles. The summed E-state index contributed by atoms with van der Waals surface area (Å²) in [4.78, 5) is 4.68. The zero-order valence-corrected chi connectivity index (χ0v) is 11.8. The Morgan fingerprint density at radius 1 is 1.33 bits per heavy atom. The Balaban J connectivity index is 2.10. The molecule has 3 heteroatoms. The fourth-order valence-corrected chi connectivity index (χ4v) is 2.86. The smallest absolute Gasteiger partial charge is 0.0361 e. The predicted octanol–water partition coefficient (Wildman–Crippen LogP) is 2.24. The van der Waals surface area contributed by atoms with Crippen molar-refractivity contribution >= 4 is 5.69 Å². The van der Waals surface area contributed by atoms with Gasteiger partial charge in [-0.15, -0.1) is 0 Å². The minimum Gasteiger partial charge on any atom is -0.378 e. The lowest BCUT2D eigenvalue weighted by Crippen LogP contribution is -2.37. The van der Waals surface area contributed by atoms with Crippen LogP contribution < -0.4 is 10.6 Å². The van der Waals surface area contributed by atoms with Gasteiger partial charge in [-0.25, -0.2) is 0 Å². The molecule has 0 amide bonds. The molecule has 0 aromatic heterocycles. The molecule has 1 saturated heterocycles. The fourth-order valence-electron chi connectivity index (χ4n) is 2.86. The molecule has 100 valence electrons. The second-order valence-corrected chi connectivity index (χ2v) is 5.43. The first-order valence-corrected chi connectivity index (χ1v) is 6.86. The molecule has 2 unspecified atom stereocenters. The van der Waals surface area contributed by atoms with Crippen molar-refractivity contribution in [3.8, 4) is 0 Å². The maximum Gasteiger partial charge on any atom is 0.0361 e. The van der Waals surface area contributed by atoms with Gasteiger partial charge in [0.05, 0.1) is 0 Å². The standard InChI is InChI=1S/C15H25N3/c1-12(18-10-4-5-15(18)11-16)13-6-8-14(9-7-13)17(2)3/h6-9,12,15H,4-5,10-11,16H2,1-3H3. The van der Waals surface area contributed by atoms with E-state index in [1.165, 1.54) is 30.6 Å². The van der Waals surface area contributed by atoms with Crippen LogP contribution in [0.1, 0.15) is 31.4 Å². The predicted molar refractivity (Wildman–Crippen MR) is 78.0 cm³/mol. The second kappa shape index (κ2) is 5.72. The summed E-state index contributed by atoms with van der Waals surface area (Å²) in [5, 5.41) is 0. The van der Waals surface area contributed by atoms with E-state index in [0.29, 0.717) is 12.1 Å². The summed E-state index contributed by atoms with van der Waals surface area (Å²) in [5.74, 6) is 0. The van der Waals surface area contributed by atoms with Gasteiger partial charge in [0.25, 0.3) is 0 Å². The van der Waals surface area contributed by atoms with E-state index in [-0.39, 0.29) is 0 Å². The number of nitrogens with zero attached hydrogens (tertiary/aromatic N) is 2. The van der Waals surface area contributed by atoms with Crippen molar-refractivity contribution in [2.24, 2.45) is 5.73 Å². The van der Waals surface area contributed by atoms with E-state index in [4.69, 9.17) is 5.73 Å². The topological polar surface area (TPSA) is 32.5 Å². The number of benzene rings is 1. The minimum atomic E-state index is 0.470. The van der Waals surface area contributed by atoms with Crippen molar-refractivity contribution in [2.75, 3.05) is 32.1 Å². The fraction of sp³-hybridized carbons (Fsp3) is 0.600. The molecular formula is C15H25N3. The third-order valence-corrected chi connectivity index (χ3v) is 4.08. The molecule has 1 aliphatic heterocycles. The number of likely N-dealkylation sites (tertiary alicyclic amines) is 1. The summed E-state index contributed by atoms with van der Waals surface area (Å²) in [6, 6.07) is 9.90. The first kappa shape index (κ1) is 13.4. The molecule has 1 aromatic carbocycles. The van der Waals surface area contributed by atoms with Crippen LogP contribution in [-0.4, -0.2) is 38.1 Å². The molecular weight excluding hydrogens is 222 g/mol. The number of nitrogens with two attached hydrogens (primary N) is 1.